The molecule has 0 spiro atoms. The van der Waals surface area contributed by atoms with E-state index in [1.165, 1.54) is 6.92 Å². The number of aliphatic hydroxyl groups excluding tert-OH is 1. The summed E-state index contributed by atoms with van der Waals surface area (Å²) < 4.78 is 70.9. The molecule has 0 amide bonds. The second-order valence-corrected chi connectivity index (χ2v) is 11.2. The number of fused-ring (bicyclic) bond motifs is 4. The number of alkyl halides is 5. The van der Waals surface area contributed by atoms with Crippen LogP contribution in [0.3, 0.4) is 0 Å². The fourth-order valence-electron chi connectivity index (χ4n) is 7.74. The van der Waals surface area contributed by atoms with Gasteiger partial charge in [0.25, 0.3) is 0 Å². The normalized spacial score (nSPS) is 34.3. The predicted octanol–water partition coefficient (Wildman–Crippen LogP) is 6.52. The molecule has 0 aliphatic heterocycles. The molecule has 4 aliphatic rings. The van der Waals surface area contributed by atoms with Crippen molar-refractivity contribution in [3.8, 4) is 0 Å². The SMILES string of the molecule is CC12C[C@H](c3ccc(/C=C/CO)cc3)C3=C4CCC(=O)C=C4CCC3C1CCC2(O)C(F)(F)C(F)(F)F. The Balaban J connectivity index is 1.66. The summed E-state index contributed by atoms with van der Waals surface area (Å²) in [6.45, 7) is 1.30. The van der Waals surface area contributed by atoms with Gasteiger partial charge in [0.05, 0.1) is 6.61 Å². The number of carbonyl (C=O) groups excluding carboxylic acids is 1. The van der Waals surface area contributed by atoms with E-state index in [4.69, 9.17) is 5.11 Å². The van der Waals surface area contributed by atoms with Gasteiger partial charge in [-0.1, -0.05) is 48.9 Å². The van der Waals surface area contributed by atoms with E-state index in [1.807, 2.05) is 24.3 Å². The van der Waals surface area contributed by atoms with Crippen LogP contribution in [0.15, 0.2) is 53.1 Å². The van der Waals surface area contributed by atoms with Crippen LogP contribution in [0.2, 0.25) is 0 Å². The van der Waals surface area contributed by atoms with E-state index in [9.17, 15) is 23.1 Å². The molecule has 1 aromatic carbocycles. The van der Waals surface area contributed by atoms with Crippen LogP contribution >= 0.6 is 0 Å². The maximum Gasteiger partial charge on any atom is 0.456 e. The number of benzene rings is 1. The Morgan fingerprint density at radius 3 is 2.41 bits per heavy atom. The average molecular weight is 523 g/mol. The molecule has 0 bridgehead atoms. The Bertz CT molecular complexity index is 1180. The number of carbonyl (C=O) groups is 1. The van der Waals surface area contributed by atoms with Gasteiger partial charge in [0, 0.05) is 17.8 Å². The van der Waals surface area contributed by atoms with Gasteiger partial charge < -0.3 is 10.2 Å². The highest BCUT2D eigenvalue weighted by atomic mass is 19.4. The first-order chi connectivity index (χ1) is 17.3. The number of rotatable bonds is 4. The minimum atomic E-state index is -5.86. The lowest BCUT2D eigenvalue weighted by Crippen LogP contribution is -2.65. The molecule has 8 heteroatoms. The van der Waals surface area contributed by atoms with Gasteiger partial charge in [-0.05, 0) is 78.7 Å². The van der Waals surface area contributed by atoms with Crippen LogP contribution in [0, 0.1) is 17.3 Å². The molecule has 0 radical (unpaired) electrons. The van der Waals surface area contributed by atoms with Crippen molar-refractivity contribution in [1.29, 1.82) is 0 Å². The Labute approximate surface area is 212 Å². The van der Waals surface area contributed by atoms with Crippen LogP contribution in [0.4, 0.5) is 22.0 Å². The first kappa shape index (κ1) is 26.3. The smallest absolute Gasteiger partial charge is 0.392 e. The largest absolute Gasteiger partial charge is 0.456 e. The lowest BCUT2D eigenvalue weighted by Gasteiger charge is -2.56. The van der Waals surface area contributed by atoms with Gasteiger partial charge in [0.15, 0.2) is 5.78 Å². The molecule has 37 heavy (non-hydrogen) atoms. The summed E-state index contributed by atoms with van der Waals surface area (Å²) >= 11 is 0. The number of halogens is 5. The van der Waals surface area contributed by atoms with Crippen molar-refractivity contribution in [2.75, 3.05) is 6.61 Å². The minimum absolute atomic E-state index is 0.0395. The molecule has 2 fully saturated rings. The first-order valence-electron chi connectivity index (χ1n) is 12.8. The van der Waals surface area contributed by atoms with Crippen LogP contribution in [-0.2, 0) is 4.79 Å². The standard InChI is InChI=1S/C29H31F5O3/c1-26-16-23(18-6-4-17(5-7-18)3-2-14-35)25-21-11-9-20(36)15-19(21)8-10-22(25)24(26)12-13-27(26,37)28(30,31)29(32,33)34/h2-7,15,22-24,35,37H,8-14,16H2,1H3/b3-2+/t22?,23-,24?,26?,27?/m1/s1. The third-order valence-corrected chi connectivity index (χ3v) is 9.52. The van der Waals surface area contributed by atoms with Gasteiger partial charge >= 0.3 is 12.1 Å². The summed E-state index contributed by atoms with van der Waals surface area (Å²) in [6.07, 6.45) is 0.585. The number of aliphatic hydroxyl groups is 2. The molecule has 2 N–H and O–H groups in total. The number of hydrogen-bond donors (Lipinski definition) is 2. The summed E-state index contributed by atoms with van der Waals surface area (Å²) in [5.41, 5.74) is -0.216. The number of allylic oxidation sites excluding steroid dienone is 4. The Morgan fingerprint density at radius 2 is 1.76 bits per heavy atom. The second kappa shape index (κ2) is 8.87. The highest BCUT2D eigenvalue weighted by molar-refractivity contribution is 5.93. The molecule has 5 rings (SSSR count). The quantitative estimate of drug-likeness (QED) is 0.443. The van der Waals surface area contributed by atoms with Crippen LogP contribution < -0.4 is 0 Å². The lowest BCUT2D eigenvalue weighted by atomic mass is 9.50. The fourth-order valence-corrected chi connectivity index (χ4v) is 7.74. The summed E-state index contributed by atoms with van der Waals surface area (Å²) in [5, 5.41) is 20.3. The third-order valence-electron chi connectivity index (χ3n) is 9.52. The summed E-state index contributed by atoms with van der Waals surface area (Å²) in [6, 6.07) is 7.34. The van der Waals surface area contributed by atoms with E-state index in [1.54, 1.807) is 18.2 Å². The van der Waals surface area contributed by atoms with E-state index >= 15 is 8.78 Å². The lowest BCUT2D eigenvalue weighted by molar-refractivity contribution is -0.362. The van der Waals surface area contributed by atoms with E-state index in [0.29, 0.717) is 25.7 Å². The highest BCUT2D eigenvalue weighted by Gasteiger charge is 2.79. The second-order valence-electron chi connectivity index (χ2n) is 11.2. The van der Waals surface area contributed by atoms with Gasteiger partial charge in [-0.15, -0.1) is 0 Å². The molecule has 200 valence electrons. The summed E-state index contributed by atoms with van der Waals surface area (Å²) in [5.74, 6) is -6.40. The van der Waals surface area contributed by atoms with Crippen molar-refractivity contribution in [3.05, 3.63) is 64.3 Å². The third kappa shape index (κ3) is 3.85. The molecule has 2 saturated carbocycles. The molecule has 0 aromatic heterocycles. The molecule has 5 atom stereocenters. The van der Waals surface area contributed by atoms with Crippen LogP contribution in [0.5, 0.6) is 0 Å². The zero-order valence-electron chi connectivity index (χ0n) is 20.6. The van der Waals surface area contributed by atoms with Gasteiger partial charge in [-0.2, -0.15) is 22.0 Å². The van der Waals surface area contributed by atoms with Crippen molar-refractivity contribution in [2.45, 2.75) is 75.5 Å². The topological polar surface area (TPSA) is 57.5 Å². The number of ketones is 1. The maximum absolute atomic E-state index is 15.0. The zero-order chi connectivity index (χ0) is 26.8. The molecule has 0 heterocycles. The van der Waals surface area contributed by atoms with Crippen LogP contribution in [0.1, 0.15) is 68.9 Å². The summed E-state index contributed by atoms with van der Waals surface area (Å²) in [7, 11) is 0. The Hall–Kier alpha value is -2.32. The predicted molar refractivity (Wildman–Crippen MR) is 129 cm³/mol. The van der Waals surface area contributed by atoms with E-state index < -0.39 is 41.4 Å². The molecule has 4 aliphatic carbocycles. The van der Waals surface area contributed by atoms with Crippen LogP contribution in [-0.4, -0.2) is 40.3 Å². The molecule has 3 nitrogen and oxygen atoms in total. The Kier molecular flexibility index (Phi) is 6.30. The van der Waals surface area contributed by atoms with Gasteiger partial charge in [0.2, 0.25) is 0 Å². The van der Waals surface area contributed by atoms with E-state index in [-0.39, 0.29) is 31.1 Å². The van der Waals surface area contributed by atoms with Crippen molar-refractivity contribution >= 4 is 11.9 Å². The van der Waals surface area contributed by atoms with Gasteiger partial charge in [-0.3, -0.25) is 4.79 Å². The molecular formula is C29H31F5O3. The Morgan fingerprint density at radius 1 is 1.05 bits per heavy atom. The minimum Gasteiger partial charge on any atom is -0.392 e. The molecule has 0 saturated heterocycles. The maximum atomic E-state index is 15.0. The van der Waals surface area contributed by atoms with Crippen molar-refractivity contribution in [2.24, 2.45) is 17.3 Å². The zero-order valence-corrected chi connectivity index (χ0v) is 20.6. The van der Waals surface area contributed by atoms with Gasteiger partial charge in [-0.25, -0.2) is 0 Å². The van der Waals surface area contributed by atoms with Crippen molar-refractivity contribution < 1.29 is 37.0 Å². The van der Waals surface area contributed by atoms with Crippen LogP contribution in [0.25, 0.3) is 6.08 Å². The molecule has 4 unspecified atom stereocenters. The first-order valence-corrected chi connectivity index (χ1v) is 12.8. The molecular weight excluding hydrogens is 491 g/mol. The van der Waals surface area contributed by atoms with Gasteiger partial charge in [0.1, 0.15) is 5.60 Å². The van der Waals surface area contributed by atoms with E-state index in [2.05, 4.69) is 0 Å². The highest BCUT2D eigenvalue weighted by Crippen LogP contribution is 2.70. The monoisotopic (exact) mass is 522 g/mol. The summed E-state index contributed by atoms with van der Waals surface area (Å²) in [4.78, 5) is 12.1. The van der Waals surface area contributed by atoms with Crippen molar-refractivity contribution in [3.63, 3.8) is 0 Å². The number of hydrogen-bond acceptors (Lipinski definition) is 3. The fraction of sp³-hybridized carbons (Fsp3) is 0.552. The van der Waals surface area contributed by atoms with Crippen molar-refractivity contribution in [1.82, 2.24) is 0 Å². The van der Waals surface area contributed by atoms with E-state index in [0.717, 1.165) is 27.8 Å². The average Bonchev–Trinajstić information content (AvgIpc) is 3.13. The molecule has 1 aromatic rings.